The summed E-state index contributed by atoms with van der Waals surface area (Å²) in [4.78, 5) is 26.3. The molecule has 3 aromatic heterocycles. The molecule has 0 radical (unpaired) electrons. The monoisotopic (exact) mass is 493 g/mol. The number of nitrogens with two attached hydrogens (primary N) is 1. The van der Waals surface area contributed by atoms with Crippen molar-refractivity contribution in [1.29, 1.82) is 0 Å². The fourth-order valence-corrected chi connectivity index (χ4v) is 6.29. The van der Waals surface area contributed by atoms with Gasteiger partial charge in [-0.2, -0.15) is 0 Å². The Hall–Kier alpha value is -3.37. The lowest BCUT2D eigenvalue weighted by Gasteiger charge is -2.14. The zero-order chi connectivity index (χ0) is 23.8. The zero-order valence-electron chi connectivity index (χ0n) is 18.7. The van der Waals surface area contributed by atoms with Crippen LogP contribution in [0.5, 0.6) is 0 Å². The summed E-state index contributed by atoms with van der Waals surface area (Å²) in [6, 6.07) is 11.6. The summed E-state index contributed by atoms with van der Waals surface area (Å²) in [5, 5.41) is 12.3. The van der Waals surface area contributed by atoms with E-state index in [0.29, 0.717) is 21.5 Å². The van der Waals surface area contributed by atoms with Crippen LogP contribution in [0.1, 0.15) is 39.9 Å². The van der Waals surface area contributed by atoms with Gasteiger partial charge in [0.15, 0.2) is 11.0 Å². The van der Waals surface area contributed by atoms with Crippen LogP contribution in [-0.4, -0.2) is 31.8 Å². The number of benzene rings is 1. The van der Waals surface area contributed by atoms with Crippen molar-refractivity contribution in [1.82, 2.24) is 14.8 Å². The molecule has 0 fully saturated rings. The summed E-state index contributed by atoms with van der Waals surface area (Å²) in [5.74, 6) is 0.643. The predicted octanol–water partition coefficient (Wildman–Crippen LogP) is 4.60. The fraction of sp³-hybridized carbons (Fsp3) is 0.250. The summed E-state index contributed by atoms with van der Waals surface area (Å²) >= 11 is 2.74. The van der Waals surface area contributed by atoms with Gasteiger partial charge in [-0.15, -0.1) is 21.5 Å². The molecule has 5 rings (SSSR count). The van der Waals surface area contributed by atoms with Crippen molar-refractivity contribution < 1.29 is 14.0 Å². The van der Waals surface area contributed by atoms with E-state index in [1.165, 1.54) is 23.1 Å². The number of thiophene rings is 1. The first kappa shape index (κ1) is 22.4. The fourth-order valence-electron chi connectivity index (χ4n) is 4.13. The first-order valence-corrected chi connectivity index (χ1v) is 12.6. The number of thioether (sulfide) groups is 1. The van der Waals surface area contributed by atoms with Crippen LogP contribution in [0.25, 0.3) is 17.1 Å². The lowest BCUT2D eigenvalue weighted by atomic mass is 10.1. The van der Waals surface area contributed by atoms with Crippen LogP contribution < -0.4 is 11.1 Å². The molecule has 34 heavy (non-hydrogen) atoms. The largest absolute Gasteiger partial charge is 0.469 e. The van der Waals surface area contributed by atoms with Crippen LogP contribution in [0.15, 0.2) is 52.2 Å². The number of carbonyl (C=O) groups excluding carboxylic acids is 2. The Balaban J connectivity index is 1.43. The summed E-state index contributed by atoms with van der Waals surface area (Å²) in [6.45, 7) is 3.68. The third-order valence-electron chi connectivity index (χ3n) is 5.80. The summed E-state index contributed by atoms with van der Waals surface area (Å²) in [6.07, 6.45) is 4.36. The Labute approximate surface area is 204 Å². The Bertz CT molecular complexity index is 1370. The second kappa shape index (κ2) is 9.11. The van der Waals surface area contributed by atoms with Gasteiger partial charge in [-0.05, 0) is 56.9 Å². The smallest absolute Gasteiger partial charge is 0.251 e. The van der Waals surface area contributed by atoms with Crippen molar-refractivity contribution in [2.75, 3.05) is 5.32 Å². The minimum absolute atomic E-state index is 0.226. The number of amides is 2. The molecule has 0 aliphatic heterocycles. The van der Waals surface area contributed by atoms with Crippen molar-refractivity contribution in [2.45, 2.75) is 43.5 Å². The summed E-state index contributed by atoms with van der Waals surface area (Å²) in [7, 11) is 0. The van der Waals surface area contributed by atoms with E-state index in [9.17, 15) is 9.59 Å². The topological polar surface area (TPSA) is 116 Å². The minimum Gasteiger partial charge on any atom is -0.469 e. The van der Waals surface area contributed by atoms with Crippen LogP contribution in [-0.2, 0) is 17.6 Å². The van der Waals surface area contributed by atoms with Crippen molar-refractivity contribution >= 4 is 39.9 Å². The van der Waals surface area contributed by atoms with E-state index in [-0.39, 0.29) is 5.91 Å². The number of rotatable bonds is 7. The highest BCUT2D eigenvalue weighted by atomic mass is 32.2. The van der Waals surface area contributed by atoms with Gasteiger partial charge in [0.2, 0.25) is 5.91 Å². The number of primary amides is 1. The standard InChI is InChI=1S/C24H23N5O3S2/c1-13-16(11-12-32-13)21-27-28-24(29(21)15-7-4-3-5-8-15)33-14(2)22(31)26-23-19(20(25)30)17-9-6-10-18(17)34-23/h3-5,7-8,11-12,14H,6,9-10H2,1-2H3,(H2,25,30)(H,26,31). The van der Waals surface area contributed by atoms with E-state index in [0.717, 1.165) is 46.7 Å². The molecule has 1 aromatic carbocycles. The van der Waals surface area contributed by atoms with Crippen LogP contribution >= 0.6 is 23.1 Å². The van der Waals surface area contributed by atoms with Crippen molar-refractivity contribution in [3.05, 3.63) is 64.4 Å². The molecule has 10 heteroatoms. The maximum absolute atomic E-state index is 13.1. The van der Waals surface area contributed by atoms with Crippen LogP contribution in [0.3, 0.4) is 0 Å². The number of aryl methyl sites for hydroxylation is 2. The number of hydrogen-bond donors (Lipinski definition) is 2. The first-order chi connectivity index (χ1) is 16.4. The Morgan fingerprint density at radius 3 is 2.71 bits per heavy atom. The van der Waals surface area contributed by atoms with Crippen molar-refractivity contribution in [3.8, 4) is 17.1 Å². The normalized spacial score (nSPS) is 13.6. The van der Waals surface area contributed by atoms with Gasteiger partial charge in [0, 0.05) is 10.6 Å². The number of anilines is 1. The minimum atomic E-state index is -0.501. The highest BCUT2D eigenvalue weighted by Gasteiger charge is 2.28. The molecule has 1 aliphatic carbocycles. The third kappa shape index (κ3) is 4.03. The molecule has 0 spiro atoms. The number of aromatic nitrogens is 3. The first-order valence-electron chi connectivity index (χ1n) is 10.9. The molecule has 1 unspecified atom stereocenters. The molecule has 4 aromatic rings. The predicted molar refractivity (Wildman–Crippen MR) is 133 cm³/mol. The maximum atomic E-state index is 13.1. The number of nitrogens with zero attached hydrogens (tertiary/aromatic N) is 3. The van der Waals surface area contributed by atoms with E-state index in [4.69, 9.17) is 10.2 Å². The average molecular weight is 494 g/mol. The molecular weight excluding hydrogens is 470 g/mol. The molecule has 8 nitrogen and oxygen atoms in total. The van der Waals surface area contributed by atoms with Gasteiger partial charge in [-0.3, -0.25) is 14.2 Å². The Morgan fingerprint density at radius 1 is 1.21 bits per heavy atom. The molecule has 1 aliphatic rings. The quantitative estimate of drug-likeness (QED) is 0.363. The summed E-state index contributed by atoms with van der Waals surface area (Å²) < 4.78 is 7.39. The molecule has 3 N–H and O–H groups in total. The molecule has 0 saturated carbocycles. The number of hydrogen-bond acceptors (Lipinski definition) is 7. The van der Waals surface area contributed by atoms with Crippen molar-refractivity contribution in [3.63, 3.8) is 0 Å². The van der Waals surface area contributed by atoms with Gasteiger partial charge in [-0.1, -0.05) is 30.0 Å². The van der Waals surface area contributed by atoms with Crippen LogP contribution in [0.4, 0.5) is 5.00 Å². The van der Waals surface area contributed by atoms with E-state index < -0.39 is 11.2 Å². The number of para-hydroxylation sites is 1. The van der Waals surface area contributed by atoms with Gasteiger partial charge in [0.1, 0.15) is 10.8 Å². The molecule has 3 heterocycles. The third-order valence-corrected chi connectivity index (χ3v) is 8.05. The van der Waals surface area contributed by atoms with Crippen molar-refractivity contribution in [2.24, 2.45) is 5.73 Å². The van der Waals surface area contributed by atoms with Gasteiger partial charge >= 0.3 is 0 Å². The number of nitrogens with one attached hydrogen (secondary N) is 1. The zero-order valence-corrected chi connectivity index (χ0v) is 20.3. The van der Waals surface area contributed by atoms with Gasteiger partial charge in [0.05, 0.1) is 22.6 Å². The van der Waals surface area contributed by atoms with Gasteiger partial charge in [-0.25, -0.2) is 0 Å². The Morgan fingerprint density at radius 2 is 2.00 bits per heavy atom. The molecule has 0 saturated heterocycles. The van der Waals surface area contributed by atoms with Gasteiger partial charge in [0.25, 0.3) is 5.91 Å². The molecule has 0 bridgehead atoms. The lowest BCUT2D eigenvalue weighted by molar-refractivity contribution is -0.115. The molecule has 2 amide bonds. The molecule has 1 atom stereocenters. The lowest BCUT2D eigenvalue weighted by Crippen LogP contribution is -2.24. The molecular formula is C24H23N5O3S2. The number of carbonyl (C=O) groups is 2. The number of furan rings is 1. The summed E-state index contributed by atoms with van der Waals surface area (Å²) in [5.41, 5.74) is 8.78. The van der Waals surface area contributed by atoms with Crippen LogP contribution in [0.2, 0.25) is 0 Å². The van der Waals surface area contributed by atoms with E-state index in [2.05, 4.69) is 15.5 Å². The van der Waals surface area contributed by atoms with E-state index in [1.807, 2.05) is 47.9 Å². The average Bonchev–Trinajstić information content (AvgIpc) is 3.58. The van der Waals surface area contributed by atoms with Gasteiger partial charge < -0.3 is 15.5 Å². The highest BCUT2D eigenvalue weighted by molar-refractivity contribution is 8.00. The van der Waals surface area contributed by atoms with E-state index >= 15 is 0 Å². The number of fused-ring (bicyclic) bond motifs is 1. The second-order valence-corrected chi connectivity index (χ2v) is 10.5. The maximum Gasteiger partial charge on any atom is 0.251 e. The SMILES string of the molecule is Cc1occc1-c1nnc(SC(C)C(=O)Nc2sc3c(c2C(N)=O)CCC3)n1-c1ccccc1. The molecule has 174 valence electrons. The highest BCUT2D eigenvalue weighted by Crippen LogP contribution is 2.39. The van der Waals surface area contributed by atoms with Crippen LogP contribution in [0, 0.1) is 6.92 Å². The van der Waals surface area contributed by atoms with E-state index in [1.54, 1.807) is 13.2 Å². The second-order valence-electron chi connectivity index (χ2n) is 8.04. The Kier molecular flexibility index (Phi) is 6.01.